The van der Waals surface area contributed by atoms with Gasteiger partial charge < -0.3 is 14.5 Å². The highest BCUT2D eigenvalue weighted by Crippen LogP contribution is 2.29. The third-order valence-corrected chi connectivity index (χ3v) is 5.64. The topological polar surface area (TPSA) is 103 Å². The lowest BCUT2D eigenvalue weighted by atomic mass is 10.2. The number of aromatic nitrogens is 2. The lowest BCUT2D eigenvalue weighted by molar-refractivity contribution is -0.124. The van der Waals surface area contributed by atoms with E-state index in [2.05, 4.69) is 10.3 Å². The van der Waals surface area contributed by atoms with Gasteiger partial charge in [-0.1, -0.05) is 0 Å². The zero-order valence-corrected chi connectivity index (χ0v) is 15.4. The van der Waals surface area contributed by atoms with E-state index in [1.54, 1.807) is 23.6 Å². The van der Waals surface area contributed by atoms with Gasteiger partial charge in [-0.25, -0.2) is 9.78 Å². The van der Waals surface area contributed by atoms with E-state index >= 15 is 0 Å². The fourth-order valence-corrected chi connectivity index (χ4v) is 4.20. The standard InChI is InChI=1S/C18H17N3O5S/c1-10-14-16(20-12-5-2-6-21(12)17(14)23)27-15(10)18(24)26-9-13(22)19-8-11-4-3-7-25-11/h3-4,7H,2,5-6,8-9H2,1H3,(H,19,22). The molecule has 0 aliphatic carbocycles. The molecule has 0 unspecified atom stereocenters. The minimum absolute atomic E-state index is 0.114. The molecule has 0 saturated heterocycles. The number of esters is 1. The summed E-state index contributed by atoms with van der Waals surface area (Å²) >= 11 is 1.13. The number of hydrogen-bond acceptors (Lipinski definition) is 7. The zero-order chi connectivity index (χ0) is 19.0. The van der Waals surface area contributed by atoms with Gasteiger partial charge in [-0.15, -0.1) is 11.3 Å². The van der Waals surface area contributed by atoms with Crippen molar-refractivity contribution in [3.8, 4) is 0 Å². The lowest BCUT2D eigenvalue weighted by Crippen LogP contribution is -2.28. The van der Waals surface area contributed by atoms with Gasteiger partial charge in [-0.3, -0.25) is 14.2 Å². The third-order valence-electron chi connectivity index (χ3n) is 4.47. The van der Waals surface area contributed by atoms with Crippen LogP contribution in [0, 0.1) is 6.92 Å². The number of nitrogens with zero attached hydrogens (tertiary/aromatic N) is 2. The Kier molecular flexibility index (Phi) is 4.53. The first-order valence-corrected chi connectivity index (χ1v) is 9.35. The third kappa shape index (κ3) is 3.25. The first-order valence-electron chi connectivity index (χ1n) is 8.53. The Labute approximate surface area is 157 Å². The van der Waals surface area contributed by atoms with Crippen molar-refractivity contribution in [2.75, 3.05) is 6.61 Å². The molecule has 0 radical (unpaired) electrons. The van der Waals surface area contributed by atoms with E-state index in [-0.39, 0.29) is 12.1 Å². The highest BCUT2D eigenvalue weighted by molar-refractivity contribution is 7.20. The number of fused-ring (bicyclic) bond motifs is 2. The summed E-state index contributed by atoms with van der Waals surface area (Å²) in [5.74, 6) is 0.296. The number of thiophene rings is 1. The average molecular weight is 387 g/mol. The number of ether oxygens (including phenoxy) is 1. The van der Waals surface area contributed by atoms with Crippen molar-refractivity contribution in [3.63, 3.8) is 0 Å². The first-order chi connectivity index (χ1) is 13.0. The Bertz CT molecular complexity index is 1080. The quantitative estimate of drug-likeness (QED) is 0.670. The molecule has 27 heavy (non-hydrogen) atoms. The smallest absolute Gasteiger partial charge is 0.349 e. The summed E-state index contributed by atoms with van der Waals surface area (Å²) < 4.78 is 11.9. The van der Waals surface area contributed by atoms with E-state index in [4.69, 9.17) is 9.15 Å². The monoisotopic (exact) mass is 387 g/mol. The van der Waals surface area contributed by atoms with Gasteiger partial charge in [-0.2, -0.15) is 0 Å². The molecule has 0 fully saturated rings. The molecule has 4 heterocycles. The molecule has 8 nitrogen and oxygen atoms in total. The lowest BCUT2D eigenvalue weighted by Gasteiger charge is -2.05. The maximum absolute atomic E-state index is 12.6. The van der Waals surface area contributed by atoms with Crippen molar-refractivity contribution in [1.29, 1.82) is 0 Å². The van der Waals surface area contributed by atoms with Gasteiger partial charge in [0, 0.05) is 13.0 Å². The van der Waals surface area contributed by atoms with Crippen LogP contribution in [0.15, 0.2) is 27.6 Å². The molecule has 140 valence electrons. The van der Waals surface area contributed by atoms with Gasteiger partial charge in [-0.05, 0) is 31.0 Å². The van der Waals surface area contributed by atoms with E-state index in [9.17, 15) is 14.4 Å². The predicted molar refractivity (Wildman–Crippen MR) is 97.8 cm³/mol. The Morgan fingerprint density at radius 2 is 2.30 bits per heavy atom. The van der Waals surface area contributed by atoms with Crippen LogP contribution in [-0.2, 0) is 29.0 Å². The molecule has 1 aliphatic heterocycles. The minimum Gasteiger partial charge on any atom is -0.467 e. The van der Waals surface area contributed by atoms with Crippen LogP contribution in [0.25, 0.3) is 10.2 Å². The molecule has 1 aliphatic rings. The highest BCUT2D eigenvalue weighted by atomic mass is 32.1. The fraction of sp³-hybridized carbons (Fsp3) is 0.333. The van der Waals surface area contributed by atoms with Gasteiger partial charge in [0.1, 0.15) is 21.3 Å². The number of carbonyl (C=O) groups is 2. The van der Waals surface area contributed by atoms with Crippen LogP contribution in [0.5, 0.6) is 0 Å². The molecule has 4 rings (SSSR count). The van der Waals surface area contributed by atoms with Crippen molar-refractivity contribution >= 4 is 33.4 Å². The number of aryl methyl sites for hydroxylation is 2. The van der Waals surface area contributed by atoms with Gasteiger partial charge in [0.25, 0.3) is 11.5 Å². The predicted octanol–water partition coefficient (Wildman–Crippen LogP) is 1.78. The molecule has 3 aromatic rings. The molecule has 0 atom stereocenters. The number of nitrogens with one attached hydrogen (secondary N) is 1. The normalized spacial score (nSPS) is 12.9. The maximum atomic E-state index is 12.6. The number of hydrogen-bond donors (Lipinski definition) is 1. The van der Waals surface area contributed by atoms with Crippen LogP contribution in [0.3, 0.4) is 0 Å². The van der Waals surface area contributed by atoms with E-state index < -0.39 is 18.5 Å². The van der Waals surface area contributed by atoms with E-state index in [1.807, 2.05) is 0 Å². The molecule has 0 aromatic carbocycles. The Hall–Kier alpha value is -2.94. The fourth-order valence-electron chi connectivity index (χ4n) is 3.12. The zero-order valence-electron chi connectivity index (χ0n) is 14.6. The van der Waals surface area contributed by atoms with Crippen LogP contribution in [0.2, 0.25) is 0 Å². The van der Waals surface area contributed by atoms with Crippen molar-refractivity contribution in [2.24, 2.45) is 0 Å². The Morgan fingerprint density at radius 3 is 3.07 bits per heavy atom. The summed E-state index contributed by atoms with van der Waals surface area (Å²) in [5.41, 5.74) is 0.437. The van der Waals surface area contributed by atoms with Crippen molar-refractivity contribution in [2.45, 2.75) is 32.9 Å². The first kappa shape index (κ1) is 17.5. The van der Waals surface area contributed by atoms with Gasteiger partial charge >= 0.3 is 5.97 Å². The molecule has 1 amide bonds. The van der Waals surface area contributed by atoms with Gasteiger partial charge in [0.05, 0.1) is 18.2 Å². The largest absolute Gasteiger partial charge is 0.467 e. The van der Waals surface area contributed by atoms with Crippen LogP contribution in [0.1, 0.15) is 33.2 Å². The molecule has 0 spiro atoms. The Balaban J connectivity index is 1.46. The maximum Gasteiger partial charge on any atom is 0.349 e. The van der Waals surface area contributed by atoms with Crippen LogP contribution in [0.4, 0.5) is 0 Å². The van der Waals surface area contributed by atoms with Crippen LogP contribution in [-0.4, -0.2) is 28.0 Å². The van der Waals surface area contributed by atoms with Gasteiger partial charge in [0.15, 0.2) is 6.61 Å². The second kappa shape index (κ2) is 6.99. The summed E-state index contributed by atoms with van der Waals surface area (Å²) in [6.07, 6.45) is 3.18. The van der Waals surface area contributed by atoms with Crippen LogP contribution < -0.4 is 10.9 Å². The van der Waals surface area contributed by atoms with E-state index in [0.29, 0.717) is 33.0 Å². The minimum atomic E-state index is -0.631. The second-order valence-electron chi connectivity index (χ2n) is 6.26. The van der Waals surface area contributed by atoms with Gasteiger partial charge in [0.2, 0.25) is 0 Å². The number of carbonyl (C=O) groups excluding carboxylic acids is 2. The molecule has 3 aromatic heterocycles. The molecule has 1 N–H and O–H groups in total. The summed E-state index contributed by atoms with van der Waals surface area (Å²) in [5, 5.41) is 3.06. The number of furan rings is 1. The van der Waals surface area contributed by atoms with Crippen molar-refractivity contribution < 1.29 is 18.7 Å². The number of amides is 1. The summed E-state index contributed by atoms with van der Waals surface area (Å²) in [7, 11) is 0. The summed E-state index contributed by atoms with van der Waals surface area (Å²) in [4.78, 5) is 42.2. The van der Waals surface area contributed by atoms with E-state index in [1.165, 1.54) is 6.26 Å². The molecule has 9 heteroatoms. The average Bonchev–Trinajstić information content (AvgIpc) is 3.38. The highest BCUT2D eigenvalue weighted by Gasteiger charge is 2.24. The van der Waals surface area contributed by atoms with Crippen LogP contribution >= 0.6 is 11.3 Å². The van der Waals surface area contributed by atoms with E-state index in [0.717, 1.165) is 30.0 Å². The molecule has 0 saturated carbocycles. The van der Waals surface area contributed by atoms with Crippen molar-refractivity contribution in [1.82, 2.24) is 14.9 Å². The molecular weight excluding hydrogens is 370 g/mol. The summed E-state index contributed by atoms with van der Waals surface area (Å²) in [6.45, 7) is 2.17. The number of rotatable bonds is 5. The Morgan fingerprint density at radius 1 is 1.44 bits per heavy atom. The second-order valence-corrected chi connectivity index (χ2v) is 7.26. The molecular formula is C18H17N3O5S. The van der Waals surface area contributed by atoms with Crippen molar-refractivity contribution in [3.05, 3.63) is 50.8 Å². The SMILES string of the molecule is Cc1c(C(=O)OCC(=O)NCc2ccco2)sc2nc3n(c(=O)c12)CCC3. The summed E-state index contributed by atoms with van der Waals surface area (Å²) in [6, 6.07) is 3.45. The molecule has 0 bridgehead atoms.